The van der Waals surface area contributed by atoms with Crippen molar-refractivity contribution in [3.8, 4) is 11.5 Å². The van der Waals surface area contributed by atoms with Crippen molar-refractivity contribution in [3.63, 3.8) is 0 Å². The second-order valence-corrected chi connectivity index (χ2v) is 7.67. The maximum absolute atomic E-state index is 13.1. The molecule has 0 bridgehead atoms. The second-order valence-electron chi connectivity index (χ2n) is 7.67. The van der Waals surface area contributed by atoms with E-state index < -0.39 is 12.1 Å². The van der Waals surface area contributed by atoms with Crippen LogP contribution in [0.5, 0.6) is 11.5 Å². The van der Waals surface area contributed by atoms with Crippen molar-refractivity contribution in [1.29, 1.82) is 0 Å². The fourth-order valence-corrected chi connectivity index (χ4v) is 3.46. The van der Waals surface area contributed by atoms with E-state index in [1.54, 1.807) is 20.1 Å². The highest BCUT2D eigenvalue weighted by atomic mass is 16.6. The number of nitrogens with zero attached hydrogens (tertiary/aromatic N) is 1. The minimum absolute atomic E-state index is 0.156. The number of cyclic esters (lactones) is 1. The van der Waals surface area contributed by atoms with Gasteiger partial charge in [-0.25, -0.2) is 9.69 Å². The fourth-order valence-electron chi connectivity index (χ4n) is 3.46. The molecule has 1 atom stereocenters. The molecule has 6 nitrogen and oxygen atoms in total. The lowest BCUT2D eigenvalue weighted by Crippen LogP contribution is -2.34. The van der Waals surface area contributed by atoms with Gasteiger partial charge in [0, 0.05) is 5.57 Å². The highest BCUT2D eigenvalue weighted by Gasteiger charge is 2.39. The molecule has 0 unspecified atom stereocenters. The summed E-state index contributed by atoms with van der Waals surface area (Å²) in [5, 5.41) is 0. The molecule has 2 aromatic carbocycles. The lowest BCUT2D eigenvalue weighted by atomic mass is 10.1. The van der Waals surface area contributed by atoms with Crippen LogP contribution >= 0.6 is 0 Å². The van der Waals surface area contributed by atoms with Gasteiger partial charge in [0.15, 0.2) is 11.5 Å². The van der Waals surface area contributed by atoms with E-state index in [1.807, 2.05) is 48.5 Å². The Hall–Kier alpha value is -3.28. The highest BCUT2D eigenvalue weighted by Crippen LogP contribution is 2.34. The van der Waals surface area contributed by atoms with Gasteiger partial charge in [0.05, 0.1) is 13.7 Å². The Kier molecular flexibility index (Phi) is 5.74. The fraction of sp³-hybridized carbons (Fsp3) is 0.333. The third-order valence-electron chi connectivity index (χ3n) is 5.36. The number of ether oxygens (including phenoxy) is 3. The lowest BCUT2D eigenvalue weighted by Gasteiger charge is -2.20. The number of rotatable bonds is 7. The zero-order chi connectivity index (χ0) is 21.1. The zero-order valence-corrected chi connectivity index (χ0v) is 17.2. The summed E-state index contributed by atoms with van der Waals surface area (Å²) in [6, 6.07) is 14.5. The number of hydrogen-bond donors (Lipinski definition) is 0. The molecular formula is C24H25NO5. The highest BCUT2D eigenvalue weighted by molar-refractivity contribution is 6.05. The predicted molar refractivity (Wildman–Crippen MR) is 112 cm³/mol. The molecule has 2 aliphatic rings. The van der Waals surface area contributed by atoms with Gasteiger partial charge in [0.2, 0.25) is 0 Å². The van der Waals surface area contributed by atoms with E-state index >= 15 is 0 Å². The molecule has 2 amide bonds. The van der Waals surface area contributed by atoms with Gasteiger partial charge in [-0.05, 0) is 55.0 Å². The molecule has 4 rings (SSSR count). The molecule has 156 valence electrons. The van der Waals surface area contributed by atoms with Gasteiger partial charge < -0.3 is 14.2 Å². The molecule has 0 aromatic heterocycles. The molecule has 2 fully saturated rings. The van der Waals surface area contributed by atoms with E-state index in [0.29, 0.717) is 29.6 Å². The number of imide groups is 1. The Morgan fingerprint density at radius 3 is 2.63 bits per heavy atom. The molecule has 6 heteroatoms. The van der Waals surface area contributed by atoms with Crippen LogP contribution in [0, 0.1) is 5.92 Å². The average Bonchev–Trinajstić information content (AvgIpc) is 3.52. The SMILES string of the molecule is COc1ccc(/C=C(\C)C(=O)N2C(=O)OC[C@H]2c2ccccc2)cc1OCC1CC1. The Balaban J connectivity index is 1.55. The van der Waals surface area contributed by atoms with Crippen molar-refractivity contribution in [1.82, 2.24) is 4.90 Å². The Morgan fingerprint density at radius 2 is 1.93 bits per heavy atom. The molecule has 0 spiro atoms. The largest absolute Gasteiger partial charge is 0.493 e. The number of benzene rings is 2. The Labute approximate surface area is 176 Å². The third-order valence-corrected chi connectivity index (χ3v) is 5.36. The summed E-state index contributed by atoms with van der Waals surface area (Å²) in [6.07, 6.45) is 3.53. The van der Waals surface area contributed by atoms with E-state index in [2.05, 4.69) is 0 Å². The zero-order valence-electron chi connectivity index (χ0n) is 17.2. The molecule has 30 heavy (non-hydrogen) atoms. The van der Waals surface area contributed by atoms with Crippen LogP contribution in [0.3, 0.4) is 0 Å². The summed E-state index contributed by atoms with van der Waals surface area (Å²) in [4.78, 5) is 26.5. The van der Waals surface area contributed by atoms with Crippen molar-refractivity contribution in [2.75, 3.05) is 20.3 Å². The topological polar surface area (TPSA) is 65.1 Å². The van der Waals surface area contributed by atoms with E-state index in [0.717, 1.165) is 11.1 Å². The van der Waals surface area contributed by atoms with Crippen molar-refractivity contribution in [3.05, 3.63) is 65.2 Å². The minimum atomic E-state index is -0.621. The number of methoxy groups -OCH3 is 1. The van der Waals surface area contributed by atoms with Gasteiger partial charge >= 0.3 is 6.09 Å². The molecule has 1 aliphatic heterocycles. The van der Waals surface area contributed by atoms with E-state index in [4.69, 9.17) is 14.2 Å². The van der Waals surface area contributed by atoms with Crippen molar-refractivity contribution < 1.29 is 23.8 Å². The molecule has 0 N–H and O–H groups in total. The predicted octanol–water partition coefficient (Wildman–Crippen LogP) is 4.61. The molecule has 2 aromatic rings. The normalized spacial score (nSPS) is 18.9. The summed E-state index contributed by atoms with van der Waals surface area (Å²) >= 11 is 0. The Bertz CT molecular complexity index is 965. The van der Waals surface area contributed by atoms with Crippen LogP contribution in [-0.4, -0.2) is 37.2 Å². The van der Waals surface area contributed by atoms with Crippen LogP contribution in [-0.2, 0) is 9.53 Å². The Morgan fingerprint density at radius 1 is 1.17 bits per heavy atom. The van der Waals surface area contributed by atoms with E-state index in [9.17, 15) is 9.59 Å². The van der Waals surface area contributed by atoms with Crippen LogP contribution in [0.4, 0.5) is 4.79 Å². The van der Waals surface area contributed by atoms with Gasteiger partial charge in [0.25, 0.3) is 5.91 Å². The van der Waals surface area contributed by atoms with Gasteiger partial charge in [-0.2, -0.15) is 0 Å². The van der Waals surface area contributed by atoms with Gasteiger partial charge in [0.1, 0.15) is 12.6 Å². The van der Waals surface area contributed by atoms with Gasteiger partial charge in [-0.1, -0.05) is 36.4 Å². The van der Waals surface area contributed by atoms with Gasteiger partial charge in [-0.3, -0.25) is 4.79 Å². The van der Waals surface area contributed by atoms with E-state index in [-0.39, 0.29) is 12.5 Å². The van der Waals surface area contributed by atoms with Crippen LogP contribution in [0.1, 0.15) is 36.9 Å². The van der Waals surface area contributed by atoms with Crippen LogP contribution in [0.25, 0.3) is 6.08 Å². The molecular weight excluding hydrogens is 382 g/mol. The van der Waals surface area contributed by atoms with Crippen molar-refractivity contribution in [2.45, 2.75) is 25.8 Å². The van der Waals surface area contributed by atoms with Crippen molar-refractivity contribution in [2.24, 2.45) is 5.92 Å². The number of carbonyl (C=O) groups excluding carboxylic acids is 2. The summed E-state index contributed by atoms with van der Waals surface area (Å²) in [5.41, 5.74) is 2.11. The first-order chi connectivity index (χ1) is 14.6. The number of amides is 2. The summed E-state index contributed by atoms with van der Waals surface area (Å²) < 4.78 is 16.5. The quantitative estimate of drug-likeness (QED) is 0.627. The second kappa shape index (κ2) is 8.61. The summed E-state index contributed by atoms with van der Waals surface area (Å²) in [6.45, 7) is 2.52. The first-order valence-corrected chi connectivity index (χ1v) is 10.1. The van der Waals surface area contributed by atoms with Crippen molar-refractivity contribution >= 4 is 18.1 Å². The monoisotopic (exact) mass is 407 g/mol. The minimum Gasteiger partial charge on any atom is -0.493 e. The summed E-state index contributed by atoms with van der Waals surface area (Å²) in [7, 11) is 1.60. The average molecular weight is 407 g/mol. The molecule has 1 saturated carbocycles. The third kappa shape index (κ3) is 4.32. The van der Waals surface area contributed by atoms with Crippen LogP contribution < -0.4 is 9.47 Å². The molecule has 1 heterocycles. The number of hydrogen-bond acceptors (Lipinski definition) is 5. The standard InChI is InChI=1S/C24H25NO5/c1-16(12-18-10-11-21(28-2)22(13-18)29-14-17-8-9-17)23(26)25-20(15-30-24(25)27)19-6-4-3-5-7-19/h3-7,10-13,17,20H,8-9,14-15H2,1-2H3/b16-12+/t20-/m0/s1. The van der Waals surface area contributed by atoms with Crippen LogP contribution in [0.15, 0.2) is 54.1 Å². The first kappa shape index (κ1) is 20.0. The molecule has 0 radical (unpaired) electrons. The van der Waals surface area contributed by atoms with E-state index in [1.165, 1.54) is 17.7 Å². The number of carbonyl (C=O) groups is 2. The van der Waals surface area contributed by atoms with Gasteiger partial charge in [-0.15, -0.1) is 0 Å². The molecule has 1 saturated heterocycles. The molecule has 1 aliphatic carbocycles. The lowest BCUT2D eigenvalue weighted by molar-refractivity contribution is -0.125. The maximum Gasteiger partial charge on any atom is 0.417 e. The maximum atomic E-state index is 13.1. The van der Waals surface area contributed by atoms with Crippen LogP contribution in [0.2, 0.25) is 0 Å². The smallest absolute Gasteiger partial charge is 0.417 e. The summed E-state index contributed by atoms with van der Waals surface area (Å²) in [5.74, 6) is 1.56. The first-order valence-electron chi connectivity index (χ1n) is 10.1.